The second-order valence-corrected chi connectivity index (χ2v) is 7.47. The summed E-state index contributed by atoms with van der Waals surface area (Å²) >= 11 is 2.82. The van der Waals surface area contributed by atoms with Gasteiger partial charge >= 0.3 is 0 Å². The number of amides is 2. The Kier molecular flexibility index (Phi) is 5.27. The van der Waals surface area contributed by atoms with Crippen LogP contribution in [-0.2, 0) is 11.2 Å². The van der Waals surface area contributed by atoms with Gasteiger partial charge in [-0.1, -0.05) is 0 Å². The van der Waals surface area contributed by atoms with E-state index in [1.54, 1.807) is 35.0 Å². The predicted octanol–water partition coefficient (Wildman–Crippen LogP) is 4.29. The largest absolute Gasteiger partial charge is 0.459 e. The van der Waals surface area contributed by atoms with Crippen molar-refractivity contribution in [3.05, 3.63) is 71.1 Å². The van der Waals surface area contributed by atoms with Crippen molar-refractivity contribution in [2.24, 2.45) is 0 Å². The molecule has 0 spiro atoms. The van der Waals surface area contributed by atoms with Crippen molar-refractivity contribution in [2.45, 2.75) is 6.42 Å². The first-order valence-electron chi connectivity index (χ1n) is 8.26. The van der Waals surface area contributed by atoms with Gasteiger partial charge in [-0.2, -0.15) is 0 Å². The summed E-state index contributed by atoms with van der Waals surface area (Å²) < 4.78 is 5.03. The number of rotatable bonds is 6. The fourth-order valence-electron chi connectivity index (χ4n) is 2.44. The molecule has 28 heavy (non-hydrogen) atoms. The Morgan fingerprint density at radius 3 is 2.64 bits per heavy atom. The maximum absolute atomic E-state index is 12.3. The molecule has 9 heteroatoms. The van der Waals surface area contributed by atoms with Gasteiger partial charge in [0.25, 0.3) is 5.91 Å². The molecule has 0 radical (unpaired) electrons. The zero-order chi connectivity index (χ0) is 19.3. The molecule has 2 N–H and O–H groups in total. The van der Waals surface area contributed by atoms with Gasteiger partial charge in [-0.05, 0) is 36.4 Å². The van der Waals surface area contributed by atoms with E-state index in [0.717, 1.165) is 10.6 Å². The van der Waals surface area contributed by atoms with Crippen molar-refractivity contribution in [3.8, 4) is 10.6 Å². The Morgan fingerprint density at radius 2 is 1.93 bits per heavy atom. The number of benzene rings is 1. The monoisotopic (exact) mass is 410 g/mol. The number of carbonyl (C=O) groups is 2. The van der Waals surface area contributed by atoms with Crippen molar-refractivity contribution in [1.82, 2.24) is 9.97 Å². The van der Waals surface area contributed by atoms with Crippen LogP contribution < -0.4 is 10.6 Å². The average molecular weight is 410 g/mol. The van der Waals surface area contributed by atoms with E-state index in [1.807, 2.05) is 29.6 Å². The van der Waals surface area contributed by atoms with Crippen LogP contribution in [0.15, 0.2) is 64.0 Å². The van der Waals surface area contributed by atoms with E-state index >= 15 is 0 Å². The second kappa shape index (κ2) is 8.15. The van der Waals surface area contributed by atoms with Crippen molar-refractivity contribution in [3.63, 3.8) is 0 Å². The minimum Gasteiger partial charge on any atom is -0.459 e. The maximum atomic E-state index is 12.3. The van der Waals surface area contributed by atoms with Gasteiger partial charge in [0.2, 0.25) is 5.91 Å². The molecular formula is C19H14N4O3S2. The fourth-order valence-corrected chi connectivity index (χ4v) is 3.79. The number of hydrogen-bond donors (Lipinski definition) is 2. The van der Waals surface area contributed by atoms with Gasteiger partial charge < -0.3 is 9.73 Å². The van der Waals surface area contributed by atoms with Crippen LogP contribution in [-0.4, -0.2) is 21.8 Å². The highest BCUT2D eigenvalue weighted by atomic mass is 32.1. The maximum Gasteiger partial charge on any atom is 0.293 e. The molecule has 3 aromatic heterocycles. The lowest BCUT2D eigenvalue weighted by molar-refractivity contribution is -0.115. The third-order valence-corrected chi connectivity index (χ3v) is 5.34. The van der Waals surface area contributed by atoms with Crippen LogP contribution >= 0.6 is 22.7 Å². The Morgan fingerprint density at radius 1 is 1.07 bits per heavy atom. The molecule has 0 saturated carbocycles. The molecule has 0 aliphatic rings. The Bertz CT molecular complexity index is 1070. The first kappa shape index (κ1) is 18.1. The Hall–Kier alpha value is -3.30. The number of nitrogens with zero attached hydrogens (tertiary/aromatic N) is 2. The third-order valence-electron chi connectivity index (χ3n) is 3.71. The SMILES string of the molecule is O=C(Cc1csc(NC(=O)c2ccco2)n1)Nc1ccc(-c2nccs2)cc1. The molecule has 3 heterocycles. The number of carbonyl (C=O) groups excluding carboxylic acids is 2. The summed E-state index contributed by atoms with van der Waals surface area (Å²) in [7, 11) is 0. The van der Waals surface area contributed by atoms with Crippen LogP contribution in [0.3, 0.4) is 0 Å². The van der Waals surface area contributed by atoms with E-state index in [1.165, 1.54) is 17.6 Å². The summed E-state index contributed by atoms with van der Waals surface area (Å²) in [6.45, 7) is 0. The molecule has 4 aromatic rings. The molecule has 140 valence electrons. The molecule has 0 bridgehead atoms. The first-order chi connectivity index (χ1) is 13.7. The molecule has 1 aromatic carbocycles. The van der Waals surface area contributed by atoms with Crippen molar-refractivity contribution < 1.29 is 14.0 Å². The van der Waals surface area contributed by atoms with E-state index in [4.69, 9.17) is 4.42 Å². The summed E-state index contributed by atoms with van der Waals surface area (Å²) in [4.78, 5) is 32.7. The van der Waals surface area contributed by atoms with Gasteiger partial charge in [0, 0.05) is 28.2 Å². The van der Waals surface area contributed by atoms with Gasteiger partial charge in [-0.3, -0.25) is 14.9 Å². The van der Waals surface area contributed by atoms with Gasteiger partial charge in [0.15, 0.2) is 10.9 Å². The Labute approximate surface area is 168 Å². The lowest BCUT2D eigenvalue weighted by Gasteiger charge is -2.05. The van der Waals surface area contributed by atoms with E-state index in [2.05, 4.69) is 20.6 Å². The molecular weight excluding hydrogens is 396 g/mol. The minimum atomic E-state index is -0.379. The number of furan rings is 1. The molecule has 0 atom stereocenters. The van der Waals surface area contributed by atoms with Crippen molar-refractivity contribution in [1.29, 1.82) is 0 Å². The van der Waals surface area contributed by atoms with E-state index < -0.39 is 0 Å². The summed E-state index contributed by atoms with van der Waals surface area (Å²) in [5, 5.41) is 10.5. The van der Waals surface area contributed by atoms with E-state index in [0.29, 0.717) is 16.5 Å². The number of nitrogens with one attached hydrogen (secondary N) is 2. The third kappa shape index (κ3) is 4.33. The lowest BCUT2D eigenvalue weighted by atomic mass is 10.2. The molecule has 0 saturated heterocycles. The standard InChI is InChI=1S/C19H14N4O3S2/c24-16(21-13-5-3-12(4-6-13)18-20-7-9-27-18)10-14-11-28-19(22-14)23-17(25)15-2-1-8-26-15/h1-9,11H,10H2,(H,21,24)(H,22,23,25). The number of aromatic nitrogens is 2. The van der Waals surface area contributed by atoms with Crippen LogP contribution in [0.25, 0.3) is 10.6 Å². The van der Waals surface area contributed by atoms with Crippen LogP contribution in [0, 0.1) is 0 Å². The van der Waals surface area contributed by atoms with Gasteiger partial charge in [-0.25, -0.2) is 9.97 Å². The van der Waals surface area contributed by atoms with Crippen LogP contribution in [0.1, 0.15) is 16.2 Å². The first-order valence-corrected chi connectivity index (χ1v) is 10.0. The minimum absolute atomic E-state index is 0.112. The van der Waals surface area contributed by atoms with Crippen molar-refractivity contribution >= 4 is 45.3 Å². The van der Waals surface area contributed by atoms with E-state index in [9.17, 15) is 9.59 Å². The number of anilines is 2. The van der Waals surface area contributed by atoms with Gasteiger partial charge in [0.05, 0.1) is 18.4 Å². The molecule has 0 fully saturated rings. The Balaban J connectivity index is 1.33. The number of thiazole rings is 2. The van der Waals surface area contributed by atoms with Crippen LogP contribution in [0.5, 0.6) is 0 Å². The number of hydrogen-bond acceptors (Lipinski definition) is 7. The lowest BCUT2D eigenvalue weighted by Crippen LogP contribution is -2.15. The second-order valence-electron chi connectivity index (χ2n) is 5.71. The summed E-state index contributed by atoms with van der Waals surface area (Å²) in [5.41, 5.74) is 2.29. The van der Waals surface area contributed by atoms with Gasteiger partial charge in [0.1, 0.15) is 5.01 Å². The van der Waals surface area contributed by atoms with Crippen molar-refractivity contribution in [2.75, 3.05) is 10.6 Å². The zero-order valence-corrected chi connectivity index (χ0v) is 16.0. The topological polar surface area (TPSA) is 97.1 Å². The predicted molar refractivity (Wildman–Crippen MR) is 109 cm³/mol. The molecule has 2 amide bonds. The quantitative estimate of drug-likeness (QED) is 0.494. The van der Waals surface area contributed by atoms with Crippen LogP contribution in [0.2, 0.25) is 0 Å². The normalized spacial score (nSPS) is 10.6. The van der Waals surface area contributed by atoms with E-state index in [-0.39, 0.29) is 24.0 Å². The smallest absolute Gasteiger partial charge is 0.293 e. The van der Waals surface area contributed by atoms with Crippen LogP contribution in [0.4, 0.5) is 10.8 Å². The summed E-state index contributed by atoms with van der Waals surface area (Å²) in [6, 6.07) is 10.7. The average Bonchev–Trinajstić information content (AvgIpc) is 3.45. The molecule has 7 nitrogen and oxygen atoms in total. The van der Waals surface area contributed by atoms with Gasteiger partial charge in [-0.15, -0.1) is 22.7 Å². The zero-order valence-electron chi connectivity index (χ0n) is 14.4. The highest BCUT2D eigenvalue weighted by molar-refractivity contribution is 7.14. The summed E-state index contributed by atoms with van der Waals surface area (Å²) in [5.74, 6) is -0.359. The highest BCUT2D eigenvalue weighted by Gasteiger charge is 2.13. The fraction of sp³-hybridized carbons (Fsp3) is 0.0526. The molecule has 0 unspecified atom stereocenters. The molecule has 0 aliphatic heterocycles. The highest BCUT2D eigenvalue weighted by Crippen LogP contribution is 2.23. The molecule has 0 aliphatic carbocycles. The molecule has 4 rings (SSSR count). The summed E-state index contributed by atoms with van der Waals surface area (Å²) in [6.07, 6.45) is 3.30.